The summed E-state index contributed by atoms with van der Waals surface area (Å²) in [6.07, 6.45) is 2.89. The van der Waals surface area contributed by atoms with E-state index in [2.05, 4.69) is 29.5 Å². The molecule has 44 heavy (non-hydrogen) atoms. The van der Waals surface area contributed by atoms with E-state index in [0.29, 0.717) is 81.7 Å². The molecular formula is C30H55F2N7O4S. The number of nitrogens with zero attached hydrogens (tertiary/aromatic N) is 3. The number of hydrogen-bond donors (Lipinski definition) is 4. The Bertz CT molecular complexity index is 1080. The van der Waals surface area contributed by atoms with Gasteiger partial charge < -0.3 is 31.7 Å². The first-order chi connectivity index (χ1) is 20.9. The SMILES string of the molecule is CCCCCC(C)CCC(F)C/N=C(\C)C(C(=O)NC1=C(N2CCC(S(=O)(=O)N3CCOCC3)CC2)C(F)CNC1)C(N)N. The van der Waals surface area contributed by atoms with Gasteiger partial charge in [-0.05, 0) is 38.5 Å². The number of nitrogens with one attached hydrogen (secondary N) is 2. The molecule has 0 radical (unpaired) electrons. The molecule has 3 aliphatic rings. The van der Waals surface area contributed by atoms with Crippen molar-refractivity contribution in [3.63, 3.8) is 0 Å². The maximum atomic E-state index is 15.3. The highest BCUT2D eigenvalue weighted by Crippen LogP contribution is 2.28. The number of morpholine rings is 1. The number of piperidine rings is 1. The van der Waals surface area contributed by atoms with Crippen molar-refractivity contribution in [3.05, 3.63) is 11.4 Å². The van der Waals surface area contributed by atoms with Crippen LogP contribution >= 0.6 is 0 Å². The van der Waals surface area contributed by atoms with Gasteiger partial charge in [-0.2, -0.15) is 4.31 Å². The summed E-state index contributed by atoms with van der Waals surface area (Å²) >= 11 is 0. The van der Waals surface area contributed by atoms with Gasteiger partial charge in [0, 0.05) is 45.0 Å². The van der Waals surface area contributed by atoms with Crippen LogP contribution < -0.4 is 22.1 Å². The van der Waals surface area contributed by atoms with Crippen molar-refractivity contribution in [1.82, 2.24) is 19.8 Å². The Morgan fingerprint density at radius 1 is 1.14 bits per heavy atom. The molecule has 11 nitrogen and oxygen atoms in total. The minimum absolute atomic E-state index is 0.0750. The molecule has 14 heteroatoms. The summed E-state index contributed by atoms with van der Waals surface area (Å²) in [5.74, 6) is -1.10. The van der Waals surface area contributed by atoms with Gasteiger partial charge >= 0.3 is 0 Å². The van der Waals surface area contributed by atoms with E-state index in [1.807, 2.05) is 4.90 Å². The van der Waals surface area contributed by atoms with E-state index in [1.54, 1.807) is 6.92 Å². The van der Waals surface area contributed by atoms with Crippen LogP contribution in [-0.2, 0) is 19.6 Å². The van der Waals surface area contributed by atoms with Crippen LogP contribution in [0.5, 0.6) is 0 Å². The minimum Gasteiger partial charge on any atom is -0.379 e. The summed E-state index contributed by atoms with van der Waals surface area (Å²) in [7, 11) is -3.47. The highest BCUT2D eigenvalue weighted by atomic mass is 32.2. The monoisotopic (exact) mass is 647 g/mol. The largest absolute Gasteiger partial charge is 0.379 e. The van der Waals surface area contributed by atoms with Gasteiger partial charge in [0.15, 0.2) is 6.17 Å². The molecule has 3 aliphatic heterocycles. The molecule has 6 N–H and O–H groups in total. The third kappa shape index (κ3) is 10.4. The van der Waals surface area contributed by atoms with E-state index in [9.17, 15) is 17.6 Å². The molecule has 0 saturated carbocycles. The Kier molecular flexibility index (Phi) is 14.9. The number of carbonyl (C=O) groups is 1. The fourth-order valence-corrected chi connectivity index (χ4v) is 8.14. The number of nitrogens with two attached hydrogens (primary N) is 2. The van der Waals surface area contributed by atoms with Crippen molar-refractivity contribution < 1.29 is 26.7 Å². The average molecular weight is 648 g/mol. The maximum absolute atomic E-state index is 15.3. The molecule has 4 atom stereocenters. The molecule has 0 aromatic rings. The number of amides is 1. The average Bonchev–Trinajstić information content (AvgIpc) is 2.99. The minimum atomic E-state index is -3.47. The number of alkyl halides is 2. The first kappa shape index (κ1) is 36.8. The molecule has 3 heterocycles. The van der Waals surface area contributed by atoms with Gasteiger partial charge in [0.2, 0.25) is 15.9 Å². The van der Waals surface area contributed by atoms with Crippen LogP contribution in [0.2, 0.25) is 0 Å². The zero-order valence-corrected chi connectivity index (χ0v) is 27.6. The van der Waals surface area contributed by atoms with E-state index in [4.69, 9.17) is 16.2 Å². The molecule has 254 valence electrons. The molecule has 0 spiro atoms. The lowest BCUT2D eigenvalue weighted by molar-refractivity contribution is -0.122. The standard InChI is InChI=1S/C30H55F2N7O4S/c1-4-5-6-7-21(2)8-9-23(31)18-36-22(3)27(29(33)34)30(40)37-26-20-35-19-25(32)28(26)38-12-10-24(11-13-38)44(41,42)39-14-16-43-17-15-39/h21,23-25,27,29,35H,4-20,33-34H2,1-3H3,(H,37,40)/b36-22+. The third-order valence-corrected chi connectivity index (χ3v) is 11.4. The molecule has 3 rings (SSSR count). The molecule has 0 aromatic carbocycles. The summed E-state index contributed by atoms with van der Waals surface area (Å²) in [6, 6.07) is 0. The highest BCUT2D eigenvalue weighted by Gasteiger charge is 2.38. The van der Waals surface area contributed by atoms with Crippen LogP contribution in [0, 0.1) is 11.8 Å². The highest BCUT2D eigenvalue weighted by molar-refractivity contribution is 7.89. The molecule has 0 aliphatic carbocycles. The molecule has 0 bridgehead atoms. The van der Waals surface area contributed by atoms with Crippen LogP contribution in [0.1, 0.15) is 72.1 Å². The van der Waals surface area contributed by atoms with E-state index in [0.717, 1.165) is 25.7 Å². The van der Waals surface area contributed by atoms with Crippen LogP contribution in [0.3, 0.4) is 0 Å². The van der Waals surface area contributed by atoms with Crippen molar-refractivity contribution in [1.29, 1.82) is 0 Å². The van der Waals surface area contributed by atoms with Gasteiger partial charge in [0.1, 0.15) is 12.1 Å². The summed E-state index contributed by atoms with van der Waals surface area (Å²) in [5, 5.41) is 5.26. The second-order valence-corrected chi connectivity index (χ2v) is 14.7. The fraction of sp³-hybridized carbons (Fsp3) is 0.867. The third-order valence-electron chi connectivity index (χ3n) is 8.97. The van der Waals surface area contributed by atoms with Gasteiger partial charge in [-0.25, -0.2) is 17.2 Å². The van der Waals surface area contributed by atoms with E-state index in [-0.39, 0.29) is 19.6 Å². The van der Waals surface area contributed by atoms with Crippen molar-refractivity contribution in [3.8, 4) is 0 Å². The molecule has 2 saturated heterocycles. The van der Waals surface area contributed by atoms with Gasteiger partial charge in [-0.3, -0.25) is 9.79 Å². The molecule has 1 amide bonds. The summed E-state index contributed by atoms with van der Waals surface area (Å²) in [6.45, 7) is 8.30. The number of hydrogen-bond acceptors (Lipinski definition) is 9. The van der Waals surface area contributed by atoms with Crippen molar-refractivity contribution in [2.45, 2.75) is 95.9 Å². The van der Waals surface area contributed by atoms with Gasteiger partial charge in [0.25, 0.3) is 0 Å². The zero-order valence-electron chi connectivity index (χ0n) is 26.8. The van der Waals surface area contributed by atoms with Crippen LogP contribution in [0.15, 0.2) is 16.4 Å². The number of sulfonamides is 1. The van der Waals surface area contributed by atoms with E-state index < -0.39 is 45.6 Å². The maximum Gasteiger partial charge on any atom is 0.235 e. The molecular weight excluding hydrogens is 592 g/mol. The summed E-state index contributed by atoms with van der Waals surface area (Å²) in [5.41, 5.74) is 13.0. The summed E-state index contributed by atoms with van der Waals surface area (Å²) < 4.78 is 63.1. The van der Waals surface area contributed by atoms with Gasteiger partial charge in [-0.15, -0.1) is 0 Å². The fourth-order valence-electron chi connectivity index (χ4n) is 6.26. The number of halogens is 2. The number of unbranched alkanes of at least 4 members (excludes halogenated alkanes) is 2. The van der Waals surface area contributed by atoms with E-state index >= 15 is 4.39 Å². The normalized spacial score (nSPS) is 23.6. The Hall–Kier alpha value is -1.71. The topological polar surface area (TPSA) is 155 Å². The van der Waals surface area contributed by atoms with E-state index in [1.165, 1.54) is 10.7 Å². The van der Waals surface area contributed by atoms with Crippen LogP contribution in [-0.4, -0.2) is 112 Å². The van der Waals surface area contributed by atoms with Crippen LogP contribution in [0.4, 0.5) is 8.78 Å². The first-order valence-electron chi connectivity index (χ1n) is 16.3. The smallest absolute Gasteiger partial charge is 0.235 e. The lowest BCUT2D eigenvalue weighted by Gasteiger charge is -2.40. The Morgan fingerprint density at radius 2 is 1.82 bits per heavy atom. The number of carbonyl (C=O) groups excluding carboxylic acids is 1. The van der Waals surface area contributed by atoms with Gasteiger partial charge in [-0.1, -0.05) is 39.5 Å². The zero-order chi connectivity index (χ0) is 32.3. The van der Waals surface area contributed by atoms with Crippen molar-refractivity contribution >= 4 is 21.6 Å². The quantitative estimate of drug-likeness (QED) is 0.113. The first-order valence-corrected chi connectivity index (χ1v) is 17.8. The number of likely N-dealkylation sites (tertiary alicyclic amines) is 1. The molecule has 0 aromatic heterocycles. The Morgan fingerprint density at radius 3 is 2.45 bits per heavy atom. The Labute approximate surface area is 262 Å². The summed E-state index contributed by atoms with van der Waals surface area (Å²) in [4.78, 5) is 19.6. The lowest BCUT2D eigenvalue weighted by Crippen LogP contribution is -2.53. The predicted octanol–water partition coefficient (Wildman–Crippen LogP) is 2.04. The Balaban J connectivity index is 1.62. The molecule has 4 unspecified atom stereocenters. The van der Waals surface area contributed by atoms with Crippen LogP contribution in [0.25, 0.3) is 0 Å². The second kappa shape index (κ2) is 17.8. The number of ether oxygens (including phenoxy) is 1. The number of aliphatic imine (C=N–C) groups is 1. The lowest BCUT2D eigenvalue weighted by atomic mass is 9.97. The van der Waals surface area contributed by atoms with Gasteiger partial charge in [0.05, 0.1) is 42.6 Å². The number of rotatable bonds is 16. The van der Waals surface area contributed by atoms with Crippen molar-refractivity contribution in [2.24, 2.45) is 28.3 Å². The molecule has 2 fully saturated rings. The predicted molar refractivity (Wildman–Crippen MR) is 170 cm³/mol. The second-order valence-electron chi connectivity index (χ2n) is 12.5. The van der Waals surface area contributed by atoms with Crippen molar-refractivity contribution in [2.75, 3.05) is 59.0 Å².